The normalized spacial score (nSPS) is 14.5. The Balaban J connectivity index is 1.61. The first-order valence-electron chi connectivity index (χ1n) is 10.1. The van der Waals surface area contributed by atoms with Crippen LogP contribution < -0.4 is 20.1 Å². The highest BCUT2D eigenvalue weighted by Gasteiger charge is 2.37. The number of fused-ring (bicyclic) bond motifs is 1. The van der Waals surface area contributed by atoms with E-state index >= 15 is 0 Å². The number of halogens is 1. The van der Waals surface area contributed by atoms with Crippen molar-refractivity contribution in [2.75, 3.05) is 32.0 Å². The highest BCUT2D eigenvalue weighted by molar-refractivity contribution is 6.30. The summed E-state index contributed by atoms with van der Waals surface area (Å²) in [6, 6.07) is 11.5. The number of anilines is 2. The molecule has 9 nitrogen and oxygen atoms in total. The van der Waals surface area contributed by atoms with Crippen LogP contribution in [0.4, 0.5) is 11.5 Å². The maximum Gasteiger partial charge on any atom is 0.251 e. The summed E-state index contributed by atoms with van der Waals surface area (Å²) < 4.78 is 17.3. The fraction of sp³-hybridized carbons (Fsp3) is 0.261. The van der Waals surface area contributed by atoms with Crippen LogP contribution in [0.1, 0.15) is 18.2 Å². The number of carbonyl (C=O) groups excluding carboxylic acids is 2. The van der Waals surface area contributed by atoms with Crippen molar-refractivity contribution >= 4 is 34.9 Å². The Labute approximate surface area is 195 Å². The quantitative estimate of drug-likeness (QED) is 0.517. The van der Waals surface area contributed by atoms with Gasteiger partial charge in [0.05, 0.1) is 38.6 Å². The van der Waals surface area contributed by atoms with Crippen molar-refractivity contribution in [3.8, 4) is 22.6 Å². The number of aromatic nitrogens is 2. The van der Waals surface area contributed by atoms with Crippen LogP contribution in [0.25, 0.3) is 11.1 Å². The van der Waals surface area contributed by atoms with Crippen LogP contribution in [0.5, 0.6) is 11.5 Å². The first-order valence-corrected chi connectivity index (χ1v) is 10.5. The van der Waals surface area contributed by atoms with Gasteiger partial charge in [-0.3, -0.25) is 9.59 Å². The van der Waals surface area contributed by atoms with Crippen molar-refractivity contribution in [3.05, 3.63) is 53.2 Å². The van der Waals surface area contributed by atoms with Crippen LogP contribution >= 0.6 is 11.6 Å². The number of hydrogen-bond acceptors (Lipinski definition) is 6. The summed E-state index contributed by atoms with van der Waals surface area (Å²) in [5.41, 5.74) is 2.62. The Morgan fingerprint density at radius 1 is 1.18 bits per heavy atom. The monoisotopic (exact) mass is 470 g/mol. The number of benzene rings is 2. The number of nitrogens with zero attached hydrogens (tertiary/aromatic N) is 2. The average Bonchev–Trinajstić information content (AvgIpc) is 3.29. The third kappa shape index (κ3) is 4.50. The number of ether oxygens (including phenoxy) is 3. The van der Waals surface area contributed by atoms with Crippen LogP contribution in [-0.4, -0.2) is 42.9 Å². The van der Waals surface area contributed by atoms with Gasteiger partial charge in [-0.2, -0.15) is 5.10 Å². The Morgan fingerprint density at radius 2 is 2.00 bits per heavy atom. The zero-order chi connectivity index (χ0) is 23.5. The van der Waals surface area contributed by atoms with Crippen LogP contribution in [0.15, 0.2) is 42.5 Å². The Morgan fingerprint density at radius 3 is 2.70 bits per heavy atom. The maximum atomic E-state index is 12.8. The van der Waals surface area contributed by atoms with E-state index in [9.17, 15) is 9.59 Å². The lowest BCUT2D eigenvalue weighted by Gasteiger charge is -2.13. The standard InChI is InChI=1S/C23H23ClN4O5/c1-31-12-17-21(13-5-4-6-14(24)9-13)22-26-23(30)18(28(22)27-17)11-20(29)25-16-8-7-15(32-2)10-19(16)33-3/h4-10,18H,11-12H2,1-3H3,(H,25,29)(H,26,30). The molecule has 1 unspecified atom stereocenters. The highest BCUT2D eigenvalue weighted by Crippen LogP contribution is 2.39. The molecule has 4 rings (SSSR count). The summed E-state index contributed by atoms with van der Waals surface area (Å²) in [6.07, 6.45) is -0.114. The van der Waals surface area contributed by atoms with Gasteiger partial charge in [0.2, 0.25) is 5.91 Å². The smallest absolute Gasteiger partial charge is 0.251 e. The van der Waals surface area contributed by atoms with E-state index in [4.69, 9.17) is 25.8 Å². The third-order valence-corrected chi connectivity index (χ3v) is 5.51. The minimum atomic E-state index is -0.812. The maximum absolute atomic E-state index is 12.8. The van der Waals surface area contributed by atoms with Crippen molar-refractivity contribution < 1.29 is 23.8 Å². The van der Waals surface area contributed by atoms with Gasteiger partial charge in [-0.15, -0.1) is 0 Å². The van der Waals surface area contributed by atoms with Gasteiger partial charge in [-0.05, 0) is 29.8 Å². The van der Waals surface area contributed by atoms with Gasteiger partial charge < -0.3 is 24.8 Å². The van der Waals surface area contributed by atoms with E-state index < -0.39 is 6.04 Å². The average molecular weight is 471 g/mol. The van der Waals surface area contributed by atoms with Crippen LogP contribution in [-0.2, 0) is 20.9 Å². The second-order valence-electron chi connectivity index (χ2n) is 7.38. The van der Waals surface area contributed by atoms with E-state index in [1.807, 2.05) is 12.1 Å². The van der Waals surface area contributed by atoms with E-state index in [0.717, 1.165) is 5.56 Å². The fourth-order valence-electron chi connectivity index (χ4n) is 3.78. The zero-order valence-electron chi connectivity index (χ0n) is 18.3. The Bertz CT molecular complexity index is 1210. The summed E-state index contributed by atoms with van der Waals surface area (Å²) in [5.74, 6) is 0.875. The molecule has 0 bridgehead atoms. The Hall–Kier alpha value is -3.56. The third-order valence-electron chi connectivity index (χ3n) is 5.28. The van der Waals surface area contributed by atoms with Gasteiger partial charge in [-0.1, -0.05) is 23.7 Å². The van der Waals surface area contributed by atoms with Crippen LogP contribution in [0.2, 0.25) is 5.02 Å². The molecule has 2 amide bonds. The first kappa shape index (κ1) is 22.6. The molecular weight excluding hydrogens is 448 g/mol. The van der Waals surface area contributed by atoms with Gasteiger partial charge >= 0.3 is 0 Å². The summed E-state index contributed by atoms with van der Waals surface area (Å²) >= 11 is 6.17. The Kier molecular flexibility index (Phi) is 6.52. The highest BCUT2D eigenvalue weighted by atomic mass is 35.5. The van der Waals surface area contributed by atoms with Crippen molar-refractivity contribution in [2.45, 2.75) is 19.1 Å². The van der Waals surface area contributed by atoms with Gasteiger partial charge in [0.25, 0.3) is 5.91 Å². The van der Waals surface area contributed by atoms with E-state index in [2.05, 4.69) is 15.7 Å². The molecule has 0 saturated heterocycles. The lowest BCUT2D eigenvalue weighted by molar-refractivity contribution is -0.123. The molecule has 10 heteroatoms. The largest absolute Gasteiger partial charge is 0.497 e. The molecule has 2 N–H and O–H groups in total. The molecular formula is C23H23ClN4O5. The van der Waals surface area contributed by atoms with E-state index in [0.29, 0.717) is 39.3 Å². The summed E-state index contributed by atoms with van der Waals surface area (Å²) in [5, 5.41) is 10.8. The molecule has 172 valence electrons. The first-order chi connectivity index (χ1) is 15.9. The molecule has 2 aromatic carbocycles. The predicted molar refractivity (Wildman–Crippen MR) is 124 cm³/mol. The lowest BCUT2D eigenvalue weighted by Crippen LogP contribution is -2.24. The number of carbonyl (C=O) groups is 2. The topological polar surface area (TPSA) is 104 Å². The van der Waals surface area contributed by atoms with Gasteiger partial charge in [0.15, 0.2) is 0 Å². The van der Waals surface area contributed by atoms with Crippen LogP contribution in [0, 0.1) is 0 Å². The van der Waals surface area contributed by atoms with Crippen molar-refractivity contribution in [2.24, 2.45) is 0 Å². The van der Waals surface area contributed by atoms with E-state index in [-0.39, 0.29) is 24.8 Å². The lowest BCUT2D eigenvalue weighted by atomic mass is 10.1. The van der Waals surface area contributed by atoms with Crippen LogP contribution in [0.3, 0.4) is 0 Å². The molecule has 3 aromatic rings. The molecule has 0 saturated carbocycles. The number of rotatable bonds is 8. The minimum absolute atomic E-state index is 0.114. The van der Waals surface area contributed by atoms with Gasteiger partial charge in [0.1, 0.15) is 23.4 Å². The number of nitrogens with one attached hydrogen (secondary N) is 2. The molecule has 0 radical (unpaired) electrons. The molecule has 1 atom stereocenters. The molecule has 2 heterocycles. The van der Waals surface area contributed by atoms with E-state index in [1.165, 1.54) is 11.8 Å². The molecule has 1 aliphatic heterocycles. The predicted octanol–water partition coefficient (Wildman–Crippen LogP) is 3.89. The molecule has 1 aliphatic rings. The van der Waals surface area contributed by atoms with E-state index in [1.54, 1.807) is 44.6 Å². The summed E-state index contributed by atoms with van der Waals surface area (Å²) in [6.45, 7) is 0.236. The molecule has 0 fully saturated rings. The molecule has 1 aromatic heterocycles. The number of amides is 2. The van der Waals surface area contributed by atoms with Gasteiger partial charge in [-0.25, -0.2) is 4.68 Å². The number of methoxy groups -OCH3 is 3. The van der Waals surface area contributed by atoms with Crippen molar-refractivity contribution in [1.82, 2.24) is 9.78 Å². The molecule has 0 aliphatic carbocycles. The minimum Gasteiger partial charge on any atom is -0.497 e. The molecule has 33 heavy (non-hydrogen) atoms. The second-order valence-corrected chi connectivity index (χ2v) is 7.82. The summed E-state index contributed by atoms with van der Waals surface area (Å²) in [4.78, 5) is 25.6. The fourth-order valence-corrected chi connectivity index (χ4v) is 3.97. The van der Waals surface area contributed by atoms with Crippen molar-refractivity contribution in [3.63, 3.8) is 0 Å². The van der Waals surface area contributed by atoms with Gasteiger partial charge in [0, 0.05) is 23.8 Å². The van der Waals surface area contributed by atoms with Crippen molar-refractivity contribution in [1.29, 1.82) is 0 Å². The second kappa shape index (κ2) is 9.51. The SMILES string of the molecule is COCc1nn2c(c1-c1cccc(Cl)c1)NC(=O)C2CC(=O)Nc1ccc(OC)cc1OC. The molecule has 0 spiro atoms. The summed E-state index contributed by atoms with van der Waals surface area (Å²) in [7, 11) is 4.61. The zero-order valence-corrected chi connectivity index (χ0v) is 19.1. The number of hydrogen-bond donors (Lipinski definition) is 2.